The molecule has 2 rings (SSSR count). The van der Waals surface area contributed by atoms with Crippen LogP contribution in [-0.4, -0.2) is 23.4 Å². The first kappa shape index (κ1) is 19.9. The maximum absolute atomic E-state index is 12.5. The van der Waals surface area contributed by atoms with Crippen LogP contribution in [0.4, 0.5) is 24.5 Å². The van der Waals surface area contributed by atoms with Crippen molar-refractivity contribution in [2.45, 2.75) is 13.1 Å². The zero-order valence-electron chi connectivity index (χ0n) is 13.9. The maximum Gasteiger partial charge on any atom is 0.416 e. The summed E-state index contributed by atoms with van der Waals surface area (Å²) in [4.78, 5) is 33.9. The summed E-state index contributed by atoms with van der Waals surface area (Å²) in [6.45, 7) is 0.740. The number of benzene rings is 2. The van der Waals surface area contributed by atoms with E-state index in [1.54, 1.807) is 0 Å². The molecule has 27 heavy (non-hydrogen) atoms. The van der Waals surface area contributed by atoms with E-state index in [4.69, 9.17) is 4.74 Å². The molecule has 0 radical (unpaired) electrons. The molecule has 0 atom stereocenters. The van der Waals surface area contributed by atoms with Gasteiger partial charge < -0.3 is 10.1 Å². The van der Waals surface area contributed by atoms with E-state index in [0.717, 1.165) is 24.3 Å². The number of carbonyl (C=O) groups excluding carboxylic acids is 2. The standard InChI is InChI=1S/C17H13F3N2O5/c1-10-13(3-2-4-14(10)22(25)26)21-15(23)9-27-16(24)11-5-7-12(8-6-11)17(18,19)20/h2-8H,9H2,1H3,(H,21,23). The van der Waals surface area contributed by atoms with Crippen LogP contribution in [0.2, 0.25) is 0 Å². The average molecular weight is 382 g/mol. The van der Waals surface area contributed by atoms with Crippen molar-refractivity contribution < 1.29 is 32.4 Å². The molecule has 10 heteroatoms. The number of nitrogens with zero attached hydrogens (tertiary/aromatic N) is 1. The van der Waals surface area contributed by atoms with Gasteiger partial charge in [0, 0.05) is 6.07 Å². The zero-order valence-corrected chi connectivity index (χ0v) is 13.9. The van der Waals surface area contributed by atoms with Crippen molar-refractivity contribution in [3.05, 3.63) is 69.3 Å². The second-order valence-corrected chi connectivity index (χ2v) is 5.41. The fraction of sp³-hybridized carbons (Fsp3) is 0.176. The van der Waals surface area contributed by atoms with Gasteiger partial charge >= 0.3 is 12.1 Å². The van der Waals surface area contributed by atoms with Gasteiger partial charge in [-0.05, 0) is 37.3 Å². The number of nitro benzene ring substituents is 1. The molecule has 7 nitrogen and oxygen atoms in total. The van der Waals surface area contributed by atoms with Gasteiger partial charge in [-0.1, -0.05) is 6.07 Å². The Kier molecular flexibility index (Phi) is 5.78. The van der Waals surface area contributed by atoms with Gasteiger partial charge in [-0.2, -0.15) is 13.2 Å². The van der Waals surface area contributed by atoms with Gasteiger partial charge in [0.1, 0.15) is 0 Å². The van der Waals surface area contributed by atoms with E-state index in [9.17, 15) is 32.9 Å². The Balaban J connectivity index is 1.97. The van der Waals surface area contributed by atoms with Crippen molar-refractivity contribution in [1.82, 2.24) is 0 Å². The highest BCUT2D eigenvalue weighted by molar-refractivity contribution is 5.96. The van der Waals surface area contributed by atoms with E-state index < -0.39 is 35.1 Å². The van der Waals surface area contributed by atoms with Crippen LogP contribution in [0, 0.1) is 17.0 Å². The number of nitrogens with one attached hydrogen (secondary N) is 1. The third-order valence-corrected chi connectivity index (χ3v) is 3.56. The minimum absolute atomic E-state index is 0.151. The van der Waals surface area contributed by atoms with Gasteiger partial charge in [0.05, 0.1) is 27.3 Å². The molecule has 0 spiro atoms. The topological polar surface area (TPSA) is 98.5 Å². The van der Waals surface area contributed by atoms with Crippen LogP contribution >= 0.6 is 0 Å². The molecule has 0 bridgehead atoms. The summed E-state index contributed by atoms with van der Waals surface area (Å²) in [5, 5.41) is 13.2. The Hall–Kier alpha value is -3.43. The largest absolute Gasteiger partial charge is 0.452 e. The first-order valence-corrected chi connectivity index (χ1v) is 7.48. The number of anilines is 1. The molecule has 0 saturated heterocycles. The highest BCUT2D eigenvalue weighted by Crippen LogP contribution is 2.29. The Labute approximate surface area is 150 Å². The molecule has 1 amide bonds. The number of alkyl halides is 3. The lowest BCUT2D eigenvalue weighted by molar-refractivity contribution is -0.385. The van der Waals surface area contributed by atoms with Crippen LogP contribution in [0.25, 0.3) is 0 Å². The van der Waals surface area contributed by atoms with Crippen LogP contribution < -0.4 is 5.32 Å². The molecular weight excluding hydrogens is 369 g/mol. The van der Waals surface area contributed by atoms with Crippen molar-refractivity contribution in [2.24, 2.45) is 0 Å². The normalized spacial score (nSPS) is 11.0. The van der Waals surface area contributed by atoms with Gasteiger partial charge in [-0.3, -0.25) is 14.9 Å². The summed E-state index contributed by atoms with van der Waals surface area (Å²) in [7, 11) is 0. The highest BCUT2D eigenvalue weighted by Gasteiger charge is 2.30. The molecule has 0 aliphatic rings. The average Bonchev–Trinajstić information content (AvgIpc) is 2.60. The summed E-state index contributed by atoms with van der Waals surface area (Å²) in [6, 6.07) is 7.43. The summed E-state index contributed by atoms with van der Waals surface area (Å²) in [5.74, 6) is -1.73. The molecular formula is C17H13F3N2O5. The van der Waals surface area contributed by atoms with Crippen LogP contribution in [0.1, 0.15) is 21.5 Å². The van der Waals surface area contributed by atoms with Crippen molar-refractivity contribution >= 4 is 23.3 Å². The van der Waals surface area contributed by atoms with Crippen molar-refractivity contribution in [3.8, 4) is 0 Å². The number of rotatable bonds is 5. The zero-order chi connectivity index (χ0) is 20.2. The number of esters is 1. The number of hydrogen-bond acceptors (Lipinski definition) is 5. The molecule has 1 N–H and O–H groups in total. The summed E-state index contributed by atoms with van der Waals surface area (Å²) in [6.07, 6.45) is -4.53. The first-order valence-electron chi connectivity index (χ1n) is 7.48. The van der Waals surface area contributed by atoms with Crippen LogP contribution in [0.15, 0.2) is 42.5 Å². The lowest BCUT2D eigenvalue weighted by Gasteiger charge is -2.10. The monoisotopic (exact) mass is 382 g/mol. The molecule has 0 heterocycles. The number of hydrogen-bond donors (Lipinski definition) is 1. The summed E-state index contributed by atoms with van der Waals surface area (Å²) >= 11 is 0. The predicted molar refractivity (Wildman–Crippen MR) is 88.2 cm³/mol. The Bertz CT molecular complexity index is 879. The third-order valence-electron chi connectivity index (χ3n) is 3.56. The molecule has 2 aromatic rings. The smallest absolute Gasteiger partial charge is 0.416 e. The predicted octanol–water partition coefficient (Wildman–Crippen LogP) is 3.72. The molecule has 0 saturated carbocycles. The highest BCUT2D eigenvalue weighted by atomic mass is 19.4. The van der Waals surface area contributed by atoms with Crippen LogP contribution in [0.5, 0.6) is 0 Å². The Morgan fingerprint density at radius 2 is 1.78 bits per heavy atom. The van der Waals surface area contributed by atoms with E-state index in [-0.39, 0.29) is 22.5 Å². The van der Waals surface area contributed by atoms with Gasteiger partial charge in [-0.15, -0.1) is 0 Å². The molecule has 2 aromatic carbocycles. The number of ether oxygens (including phenoxy) is 1. The number of carbonyl (C=O) groups is 2. The molecule has 142 valence electrons. The summed E-state index contributed by atoms with van der Waals surface area (Å²) in [5.41, 5.74) is -0.848. The molecule has 0 aromatic heterocycles. The fourth-order valence-corrected chi connectivity index (χ4v) is 2.15. The van der Waals surface area contributed by atoms with Crippen molar-refractivity contribution in [2.75, 3.05) is 11.9 Å². The van der Waals surface area contributed by atoms with Crippen LogP contribution in [0.3, 0.4) is 0 Å². The second-order valence-electron chi connectivity index (χ2n) is 5.41. The van der Waals surface area contributed by atoms with E-state index >= 15 is 0 Å². The number of halogens is 3. The second kappa shape index (κ2) is 7.85. The fourth-order valence-electron chi connectivity index (χ4n) is 2.15. The first-order chi connectivity index (χ1) is 12.6. The van der Waals surface area contributed by atoms with E-state index in [1.165, 1.54) is 25.1 Å². The molecule has 0 fully saturated rings. The molecule has 0 aliphatic carbocycles. The van der Waals surface area contributed by atoms with E-state index in [0.29, 0.717) is 0 Å². The maximum atomic E-state index is 12.5. The SMILES string of the molecule is Cc1c(NC(=O)COC(=O)c2ccc(C(F)(F)F)cc2)cccc1[N+](=O)[O-]. The van der Waals surface area contributed by atoms with Crippen molar-refractivity contribution in [1.29, 1.82) is 0 Å². The van der Waals surface area contributed by atoms with E-state index in [2.05, 4.69) is 5.32 Å². The number of nitro groups is 1. The van der Waals surface area contributed by atoms with Gasteiger partial charge in [0.2, 0.25) is 0 Å². The van der Waals surface area contributed by atoms with Gasteiger partial charge in [-0.25, -0.2) is 4.79 Å². The summed E-state index contributed by atoms with van der Waals surface area (Å²) < 4.78 is 42.2. The number of amides is 1. The van der Waals surface area contributed by atoms with Crippen LogP contribution in [-0.2, 0) is 15.7 Å². The lowest BCUT2D eigenvalue weighted by Crippen LogP contribution is -2.21. The quantitative estimate of drug-likeness (QED) is 0.483. The molecule has 0 aliphatic heterocycles. The lowest BCUT2D eigenvalue weighted by atomic mass is 10.1. The van der Waals surface area contributed by atoms with Gasteiger partial charge in [0.25, 0.3) is 11.6 Å². The Morgan fingerprint density at radius 1 is 1.15 bits per heavy atom. The Morgan fingerprint density at radius 3 is 2.33 bits per heavy atom. The third kappa shape index (κ3) is 5.03. The van der Waals surface area contributed by atoms with Gasteiger partial charge in [0.15, 0.2) is 6.61 Å². The minimum atomic E-state index is -4.53. The van der Waals surface area contributed by atoms with E-state index in [1.807, 2.05) is 0 Å². The van der Waals surface area contributed by atoms with Crippen molar-refractivity contribution in [3.63, 3.8) is 0 Å². The molecule has 0 unspecified atom stereocenters. The minimum Gasteiger partial charge on any atom is -0.452 e.